The van der Waals surface area contributed by atoms with Gasteiger partial charge in [0.05, 0.1) is 29.4 Å². The van der Waals surface area contributed by atoms with Crippen LogP contribution in [0.4, 0.5) is 30.5 Å². The van der Waals surface area contributed by atoms with Crippen LogP contribution in [0, 0.1) is 0 Å². The van der Waals surface area contributed by atoms with Crippen molar-refractivity contribution in [3.8, 4) is 11.3 Å². The summed E-state index contributed by atoms with van der Waals surface area (Å²) < 4.78 is 39.2. The van der Waals surface area contributed by atoms with Gasteiger partial charge in [-0.15, -0.1) is 0 Å². The normalized spacial score (nSPS) is 15.5. The summed E-state index contributed by atoms with van der Waals surface area (Å²) in [5.74, 6) is -0.154. The molecule has 2 amide bonds. The summed E-state index contributed by atoms with van der Waals surface area (Å²) in [5, 5.41) is 9.45. The number of fused-ring (bicyclic) bond motifs is 3. The van der Waals surface area contributed by atoms with Gasteiger partial charge in [0.2, 0.25) is 11.9 Å². The van der Waals surface area contributed by atoms with Gasteiger partial charge in [-0.25, -0.2) is 9.97 Å². The predicted octanol–water partition coefficient (Wildman–Crippen LogP) is 6.62. The average Bonchev–Trinajstić information content (AvgIpc) is 3.49. The van der Waals surface area contributed by atoms with E-state index in [1.165, 1.54) is 12.1 Å². The fourth-order valence-electron chi connectivity index (χ4n) is 5.55. The molecule has 0 aliphatic carbocycles. The molecule has 0 saturated carbocycles. The van der Waals surface area contributed by atoms with Crippen molar-refractivity contribution in [2.24, 2.45) is 0 Å². The second kappa shape index (κ2) is 12.3. The maximum atomic E-state index is 13.1. The van der Waals surface area contributed by atoms with E-state index in [1.54, 1.807) is 48.7 Å². The lowest BCUT2D eigenvalue weighted by Crippen LogP contribution is -2.36. The zero-order valence-electron chi connectivity index (χ0n) is 23.4. The summed E-state index contributed by atoms with van der Waals surface area (Å²) in [6.07, 6.45) is -0.653. The number of likely N-dealkylation sites (tertiary alicyclic amines) is 1. The van der Waals surface area contributed by atoms with Gasteiger partial charge in [-0.2, -0.15) is 13.2 Å². The molecule has 0 spiro atoms. The van der Waals surface area contributed by atoms with Gasteiger partial charge in [-0.1, -0.05) is 23.7 Å². The Kier molecular flexibility index (Phi) is 8.24. The number of rotatable bonds is 7. The number of aromatic nitrogens is 2. The van der Waals surface area contributed by atoms with E-state index in [0.29, 0.717) is 39.2 Å². The molecule has 1 unspecified atom stereocenters. The highest BCUT2D eigenvalue weighted by atomic mass is 35.5. The minimum Gasteiger partial charge on any atom is -0.350 e. The molecule has 0 radical (unpaired) electrons. The average molecular weight is 621 g/mol. The highest BCUT2D eigenvalue weighted by Gasteiger charge is 2.31. The molecule has 1 fully saturated rings. The number of hydrogen-bond donors (Lipinski definition) is 3. The summed E-state index contributed by atoms with van der Waals surface area (Å²) in [7, 11) is 0. The number of anilines is 3. The molecule has 8 nitrogen and oxygen atoms in total. The maximum absolute atomic E-state index is 13.1. The molecule has 3 aromatic carbocycles. The number of nitrogens with one attached hydrogen (secondary N) is 3. The van der Waals surface area contributed by atoms with Crippen molar-refractivity contribution < 1.29 is 22.8 Å². The molecule has 2 aliphatic heterocycles. The van der Waals surface area contributed by atoms with Gasteiger partial charge in [-0.3, -0.25) is 14.5 Å². The summed E-state index contributed by atoms with van der Waals surface area (Å²) in [5.41, 5.74) is 3.72. The zero-order chi connectivity index (χ0) is 30.8. The molecule has 1 saturated heterocycles. The molecular formula is C32H28ClF3N6O2. The number of benzene rings is 3. The van der Waals surface area contributed by atoms with Crippen molar-refractivity contribution in [3.63, 3.8) is 0 Å². The number of hydrogen-bond acceptors (Lipinski definition) is 6. The Balaban J connectivity index is 1.14. The first-order chi connectivity index (χ1) is 21.1. The molecule has 226 valence electrons. The van der Waals surface area contributed by atoms with Crippen LogP contribution in [0.15, 0.2) is 72.9 Å². The third-order valence-corrected chi connectivity index (χ3v) is 8.02. The first kappa shape index (κ1) is 29.6. The van der Waals surface area contributed by atoms with Crippen molar-refractivity contribution in [1.82, 2.24) is 20.2 Å². The number of amides is 2. The van der Waals surface area contributed by atoms with Crippen LogP contribution in [0.2, 0.25) is 5.02 Å². The van der Waals surface area contributed by atoms with Crippen LogP contribution in [0.5, 0.6) is 0 Å². The van der Waals surface area contributed by atoms with Crippen LogP contribution in [0.3, 0.4) is 0 Å². The van der Waals surface area contributed by atoms with Gasteiger partial charge in [-0.05, 0) is 86.1 Å². The van der Waals surface area contributed by atoms with E-state index in [4.69, 9.17) is 11.6 Å². The summed E-state index contributed by atoms with van der Waals surface area (Å²) >= 11 is 6.13. The minimum atomic E-state index is -4.40. The highest BCUT2D eigenvalue weighted by Crippen LogP contribution is 2.35. The van der Waals surface area contributed by atoms with Crippen LogP contribution < -0.4 is 16.0 Å². The fraction of sp³-hybridized carbons (Fsp3) is 0.250. The Morgan fingerprint density at radius 3 is 2.45 bits per heavy atom. The van der Waals surface area contributed by atoms with Crippen LogP contribution in [0.25, 0.3) is 11.3 Å². The topological polar surface area (TPSA) is 99.2 Å². The van der Waals surface area contributed by atoms with E-state index in [-0.39, 0.29) is 30.8 Å². The lowest BCUT2D eigenvalue weighted by Gasteiger charge is -2.28. The summed E-state index contributed by atoms with van der Waals surface area (Å²) in [6.45, 7) is 1.90. The Labute approximate surface area is 256 Å². The van der Waals surface area contributed by atoms with E-state index in [2.05, 4.69) is 30.8 Å². The highest BCUT2D eigenvalue weighted by molar-refractivity contribution is 6.31. The Hall–Kier alpha value is -4.48. The largest absolute Gasteiger partial charge is 0.416 e. The van der Waals surface area contributed by atoms with Gasteiger partial charge in [0.15, 0.2) is 0 Å². The quantitative estimate of drug-likeness (QED) is 0.215. The van der Waals surface area contributed by atoms with Crippen molar-refractivity contribution in [2.45, 2.75) is 31.5 Å². The molecule has 44 heavy (non-hydrogen) atoms. The molecule has 6 rings (SSSR count). The minimum absolute atomic E-state index is 0.128. The van der Waals surface area contributed by atoms with E-state index < -0.39 is 11.7 Å². The Morgan fingerprint density at radius 1 is 1.02 bits per heavy atom. The second-order valence-corrected chi connectivity index (χ2v) is 11.2. The lowest BCUT2D eigenvalue weighted by molar-refractivity contribution is -0.137. The van der Waals surface area contributed by atoms with Gasteiger partial charge < -0.3 is 16.0 Å². The predicted molar refractivity (Wildman–Crippen MR) is 162 cm³/mol. The van der Waals surface area contributed by atoms with Gasteiger partial charge >= 0.3 is 6.18 Å². The standard InChI is InChI=1S/C32H28ClF3N6O2/c33-23-9-12-25-26(16-23)40-28(43)15-21-17-38-31(41-29(21)25)39-24-10-5-20(6-11-24)30(44)37-18-27(42-13-1-2-14-42)19-3-7-22(8-4-19)32(34,35)36/h3-12,16-17,27H,1-2,13-15,18H2,(H,37,44)(H,40,43)(H,38,39,41). The molecule has 3 heterocycles. The molecule has 12 heteroatoms. The van der Waals surface area contributed by atoms with Crippen molar-refractivity contribution in [1.29, 1.82) is 0 Å². The third-order valence-electron chi connectivity index (χ3n) is 7.79. The number of alkyl halides is 3. The van der Waals surface area contributed by atoms with E-state index in [0.717, 1.165) is 49.2 Å². The van der Waals surface area contributed by atoms with Crippen molar-refractivity contribution in [3.05, 3.63) is 100 Å². The molecule has 0 bridgehead atoms. The first-order valence-electron chi connectivity index (χ1n) is 14.2. The number of carbonyl (C=O) groups excluding carboxylic acids is 2. The molecular weight excluding hydrogens is 593 g/mol. The van der Waals surface area contributed by atoms with Gasteiger partial charge in [0.25, 0.3) is 5.91 Å². The molecule has 1 atom stereocenters. The monoisotopic (exact) mass is 620 g/mol. The molecule has 1 aromatic heterocycles. The Bertz CT molecular complexity index is 1690. The SMILES string of the molecule is O=C1Cc2cnc(Nc3ccc(C(=O)NCC(c4ccc(C(F)(F)F)cc4)N4CCCC4)cc3)nc2-c2ccc(Cl)cc2N1. The van der Waals surface area contributed by atoms with E-state index >= 15 is 0 Å². The zero-order valence-corrected chi connectivity index (χ0v) is 24.2. The third kappa shape index (κ3) is 6.53. The molecule has 4 aromatic rings. The number of carbonyl (C=O) groups is 2. The van der Waals surface area contributed by atoms with Gasteiger partial charge in [0, 0.05) is 40.1 Å². The van der Waals surface area contributed by atoms with E-state index in [1.807, 2.05) is 0 Å². The number of nitrogens with zero attached hydrogens (tertiary/aromatic N) is 3. The molecule has 2 aliphatic rings. The van der Waals surface area contributed by atoms with Crippen LogP contribution in [0.1, 0.15) is 45.9 Å². The van der Waals surface area contributed by atoms with Gasteiger partial charge in [0.1, 0.15) is 0 Å². The van der Waals surface area contributed by atoms with Crippen molar-refractivity contribution >= 4 is 40.7 Å². The number of halogens is 4. The maximum Gasteiger partial charge on any atom is 0.416 e. The summed E-state index contributed by atoms with van der Waals surface area (Å²) in [4.78, 5) is 36.6. The Morgan fingerprint density at radius 2 is 1.75 bits per heavy atom. The van der Waals surface area contributed by atoms with E-state index in [9.17, 15) is 22.8 Å². The van der Waals surface area contributed by atoms with Crippen LogP contribution in [-0.4, -0.2) is 46.3 Å². The fourth-order valence-corrected chi connectivity index (χ4v) is 5.73. The molecule has 3 N–H and O–H groups in total. The lowest BCUT2D eigenvalue weighted by atomic mass is 10.0. The van der Waals surface area contributed by atoms with Crippen LogP contribution in [-0.2, 0) is 17.4 Å². The smallest absolute Gasteiger partial charge is 0.350 e. The first-order valence-corrected chi connectivity index (χ1v) is 14.5. The second-order valence-electron chi connectivity index (χ2n) is 10.8. The van der Waals surface area contributed by atoms with Crippen molar-refractivity contribution in [2.75, 3.05) is 30.3 Å². The summed E-state index contributed by atoms with van der Waals surface area (Å²) in [6, 6.07) is 16.9. The van der Waals surface area contributed by atoms with Crippen LogP contribution >= 0.6 is 11.6 Å².